The fourth-order valence-corrected chi connectivity index (χ4v) is 3.14. The Morgan fingerprint density at radius 3 is 2.33 bits per heavy atom. The smallest absolute Gasteiger partial charge is 0.161 e. The number of nitrogens with zero attached hydrogens (tertiary/aromatic N) is 3. The van der Waals surface area contributed by atoms with Crippen LogP contribution in [0, 0.1) is 6.92 Å². The van der Waals surface area contributed by atoms with E-state index in [2.05, 4.69) is 9.97 Å². The second-order valence-corrected chi connectivity index (χ2v) is 6.20. The summed E-state index contributed by atoms with van der Waals surface area (Å²) in [5.74, 6) is 1.41. The third kappa shape index (κ3) is 3.53. The van der Waals surface area contributed by atoms with Crippen molar-refractivity contribution in [3.63, 3.8) is 0 Å². The summed E-state index contributed by atoms with van der Waals surface area (Å²) in [7, 11) is 3.28. The summed E-state index contributed by atoms with van der Waals surface area (Å²) < 4.78 is 10.8. The topological polar surface area (TPSA) is 57.1 Å². The molecule has 0 saturated heterocycles. The molecule has 3 heterocycles. The average molecular weight is 361 g/mol. The van der Waals surface area contributed by atoms with Gasteiger partial charge in [0.05, 0.1) is 25.3 Å². The lowest BCUT2D eigenvalue weighted by molar-refractivity contribution is 0.356. The van der Waals surface area contributed by atoms with Crippen LogP contribution in [0.1, 0.15) is 24.4 Å². The van der Waals surface area contributed by atoms with Gasteiger partial charge in [-0.25, -0.2) is 0 Å². The first-order valence-electron chi connectivity index (χ1n) is 8.40. The molecule has 0 N–H and O–H groups in total. The van der Waals surface area contributed by atoms with E-state index in [0.717, 1.165) is 38.8 Å². The van der Waals surface area contributed by atoms with Crippen molar-refractivity contribution < 1.29 is 9.47 Å². The van der Waals surface area contributed by atoms with Crippen LogP contribution in [0.5, 0.6) is 11.5 Å². The van der Waals surface area contributed by atoms with E-state index in [1.807, 2.05) is 55.7 Å². The highest BCUT2D eigenvalue weighted by Crippen LogP contribution is 2.33. The Hall–Kier alpha value is -3.21. The summed E-state index contributed by atoms with van der Waals surface area (Å²) in [6.45, 7) is 1.98. The molecule has 1 aromatic carbocycles. The summed E-state index contributed by atoms with van der Waals surface area (Å²) >= 11 is 0. The van der Waals surface area contributed by atoms with Crippen molar-refractivity contribution in [1.82, 2.24) is 15.0 Å². The van der Waals surface area contributed by atoms with E-state index in [1.54, 1.807) is 14.2 Å². The molecule has 5 nitrogen and oxygen atoms in total. The van der Waals surface area contributed by atoms with Crippen LogP contribution in [0.15, 0.2) is 48.8 Å². The normalized spacial score (nSPS) is 10.6. The van der Waals surface area contributed by atoms with Gasteiger partial charge in [-0.05, 0) is 54.3 Å². The molecule has 0 bridgehead atoms. The number of methoxy groups -OCH3 is 2. The lowest BCUT2D eigenvalue weighted by Crippen LogP contribution is -1.97. The lowest BCUT2D eigenvalue weighted by atomic mass is 10.0. The molecule has 0 saturated carbocycles. The first kappa shape index (κ1) is 18.6. The van der Waals surface area contributed by atoms with Crippen molar-refractivity contribution in [3.8, 4) is 11.5 Å². The number of aromatic nitrogens is 3. The Bertz CT molecular complexity index is 1110. The highest BCUT2D eigenvalue weighted by atomic mass is 16.5. The van der Waals surface area contributed by atoms with Crippen LogP contribution in [0.3, 0.4) is 0 Å². The molecule has 5 heteroatoms. The van der Waals surface area contributed by atoms with Gasteiger partial charge in [-0.3, -0.25) is 15.0 Å². The first-order valence-corrected chi connectivity index (χ1v) is 8.40. The molecule has 0 aliphatic carbocycles. The third-order valence-electron chi connectivity index (χ3n) is 4.46. The lowest BCUT2D eigenvalue weighted by Gasteiger charge is -2.12. The van der Waals surface area contributed by atoms with Crippen molar-refractivity contribution in [2.45, 2.75) is 20.8 Å². The van der Waals surface area contributed by atoms with Crippen LogP contribution in [-0.4, -0.2) is 29.2 Å². The van der Waals surface area contributed by atoms with Crippen LogP contribution in [0.4, 0.5) is 0 Å². The molecular weight excluding hydrogens is 338 g/mol. The second kappa shape index (κ2) is 7.58. The zero-order valence-electron chi connectivity index (χ0n) is 15.0. The van der Waals surface area contributed by atoms with Gasteiger partial charge in [-0.1, -0.05) is 7.43 Å². The largest absolute Gasteiger partial charge is 0.493 e. The number of hydrogen-bond donors (Lipinski definition) is 0. The molecule has 3 aromatic heterocycles. The van der Waals surface area contributed by atoms with Gasteiger partial charge in [0.2, 0.25) is 0 Å². The van der Waals surface area contributed by atoms with Crippen LogP contribution in [0.25, 0.3) is 21.8 Å². The van der Waals surface area contributed by atoms with E-state index < -0.39 is 0 Å². The first-order chi connectivity index (χ1) is 12.7. The zero-order valence-corrected chi connectivity index (χ0v) is 15.0. The third-order valence-corrected chi connectivity index (χ3v) is 4.46. The predicted molar refractivity (Wildman–Crippen MR) is 109 cm³/mol. The summed E-state index contributed by atoms with van der Waals surface area (Å²) in [4.78, 5) is 13.6. The van der Waals surface area contributed by atoms with Gasteiger partial charge < -0.3 is 9.47 Å². The van der Waals surface area contributed by atoms with Gasteiger partial charge in [0.1, 0.15) is 0 Å². The molecule has 4 aromatic rings. The van der Waals surface area contributed by atoms with Crippen LogP contribution < -0.4 is 9.47 Å². The maximum Gasteiger partial charge on any atom is 0.161 e. The SMILES string of the molecule is C.COc1cc2cncc(Cc3ccc4nc(C)ccc4n3)c2cc1OC. The Kier molecular flexibility index (Phi) is 5.21. The summed E-state index contributed by atoms with van der Waals surface area (Å²) in [6.07, 6.45) is 4.40. The summed E-state index contributed by atoms with van der Waals surface area (Å²) in [6, 6.07) is 12.0. The maximum absolute atomic E-state index is 5.45. The molecule has 0 aliphatic rings. The molecule has 0 atom stereocenters. The van der Waals surface area contributed by atoms with Gasteiger partial charge in [-0.2, -0.15) is 0 Å². The number of fused-ring (bicyclic) bond motifs is 2. The van der Waals surface area contributed by atoms with Gasteiger partial charge in [0.25, 0.3) is 0 Å². The van der Waals surface area contributed by atoms with Crippen molar-refractivity contribution in [2.24, 2.45) is 0 Å². The number of aryl methyl sites for hydroxylation is 1. The second-order valence-electron chi connectivity index (χ2n) is 6.20. The molecule has 0 aliphatic heterocycles. The monoisotopic (exact) mass is 361 g/mol. The van der Waals surface area contributed by atoms with Crippen molar-refractivity contribution >= 4 is 21.8 Å². The van der Waals surface area contributed by atoms with Gasteiger partial charge >= 0.3 is 0 Å². The minimum atomic E-state index is 0. The maximum atomic E-state index is 5.45. The average Bonchev–Trinajstić information content (AvgIpc) is 2.67. The molecule has 0 spiro atoms. The standard InChI is InChI=1S/C21H19N3O2.CH4/c1-13-4-6-19-18(23-13)7-5-16(24-19)8-14-11-22-12-15-9-20(25-2)21(26-3)10-17(14)15;/h4-7,9-12H,8H2,1-3H3;1H4. The van der Waals surface area contributed by atoms with E-state index in [9.17, 15) is 0 Å². The molecule has 4 rings (SSSR count). The zero-order chi connectivity index (χ0) is 18.1. The van der Waals surface area contributed by atoms with Crippen LogP contribution in [0.2, 0.25) is 0 Å². The van der Waals surface area contributed by atoms with E-state index in [1.165, 1.54) is 0 Å². The Morgan fingerprint density at radius 2 is 1.56 bits per heavy atom. The minimum absolute atomic E-state index is 0. The molecular formula is C22H23N3O2. The van der Waals surface area contributed by atoms with Crippen molar-refractivity contribution in [3.05, 3.63) is 65.7 Å². The Balaban J connectivity index is 0.00000210. The minimum Gasteiger partial charge on any atom is -0.493 e. The number of benzene rings is 1. The fraction of sp³-hybridized carbons (Fsp3) is 0.227. The molecule has 0 unspecified atom stereocenters. The fourth-order valence-electron chi connectivity index (χ4n) is 3.14. The van der Waals surface area contributed by atoms with Crippen LogP contribution >= 0.6 is 0 Å². The van der Waals surface area contributed by atoms with Gasteiger partial charge in [0, 0.05) is 35.6 Å². The van der Waals surface area contributed by atoms with E-state index in [0.29, 0.717) is 17.9 Å². The highest BCUT2D eigenvalue weighted by Gasteiger charge is 2.11. The highest BCUT2D eigenvalue weighted by molar-refractivity contribution is 5.88. The number of pyridine rings is 3. The summed E-state index contributed by atoms with van der Waals surface area (Å²) in [5.41, 5.74) is 4.88. The van der Waals surface area contributed by atoms with E-state index >= 15 is 0 Å². The number of rotatable bonds is 4. The quantitative estimate of drug-likeness (QED) is 0.526. The molecule has 27 heavy (non-hydrogen) atoms. The number of ether oxygens (including phenoxy) is 2. The molecule has 138 valence electrons. The Morgan fingerprint density at radius 1 is 0.852 bits per heavy atom. The van der Waals surface area contributed by atoms with Crippen molar-refractivity contribution in [2.75, 3.05) is 14.2 Å². The molecule has 0 amide bonds. The van der Waals surface area contributed by atoms with E-state index in [-0.39, 0.29) is 7.43 Å². The summed E-state index contributed by atoms with van der Waals surface area (Å²) in [5, 5.41) is 2.10. The number of hydrogen-bond acceptors (Lipinski definition) is 5. The molecule has 0 fully saturated rings. The van der Waals surface area contributed by atoms with Crippen LogP contribution in [-0.2, 0) is 6.42 Å². The molecule has 0 radical (unpaired) electrons. The van der Waals surface area contributed by atoms with Gasteiger partial charge in [-0.15, -0.1) is 0 Å². The van der Waals surface area contributed by atoms with Gasteiger partial charge in [0.15, 0.2) is 11.5 Å². The Labute approximate surface area is 159 Å². The van der Waals surface area contributed by atoms with Crippen molar-refractivity contribution in [1.29, 1.82) is 0 Å². The predicted octanol–water partition coefficient (Wildman–Crippen LogP) is 4.73. The van der Waals surface area contributed by atoms with E-state index in [4.69, 9.17) is 14.5 Å².